The van der Waals surface area contributed by atoms with Crippen molar-refractivity contribution in [2.24, 2.45) is 0 Å². The second kappa shape index (κ2) is 10.9. The SMILES string of the molecule is CCC(C)(C)c1ccc(S(=O)(=O)NCCCNc2cc(-c3ccccc3Cl)nc3c(Br)cnn23)cc1. The molecule has 0 fully saturated rings. The molecular formula is C26H29BrClN5O2S. The van der Waals surface area contributed by atoms with E-state index in [4.69, 9.17) is 16.6 Å². The second-order valence-corrected chi connectivity index (χ2v) is 12.2. The Balaban J connectivity index is 1.41. The van der Waals surface area contributed by atoms with Crippen LogP contribution >= 0.6 is 27.5 Å². The molecule has 190 valence electrons. The van der Waals surface area contributed by atoms with Gasteiger partial charge in [-0.05, 0) is 57.9 Å². The lowest BCUT2D eigenvalue weighted by Crippen LogP contribution is -2.26. The lowest BCUT2D eigenvalue weighted by atomic mass is 9.82. The van der Waals surface area contributed by atoms with E-state index in [-0.39, 0.29) is 10.3 Å². The molecule has 2 heterocycles. The van der Waals surface area contributed by atoms with E-state index in [1.54, 1.807) is 22.8 Å². The summed E-state index contributed by atoms with van der Waals surface area (Å²) in [6.07, 6.45) is 3.24. The monoisotopic (exact) mass is 589 g/mol. The zero-order valence-electron chi connectivity index (χ0n) is 20.4. The van der Waals surface area contributed by atoms with Gasteiger partial charge in [-0.1, -0.05) is 62.7 Å². The van der Waals surface area contributed by atoms with Gasteiger partial charge in [-0.2, -0.15) is 9.61 Å². The first-order chi connectivity index (χ1) is 17.1. The fourth-order valence-electron chi connectivity index (χ4n) is 3.75. The first kappa shape index (κ1) is 26.6. The molecular weight excluding hydrogens is 562 g/mol. The van der Waals surface area contributed by atoms with Crippen LogP contribution in [0.15, 0.2) is 70.2 Å². The van der Waals surface area contributed by atoms with Gasteiger partial charge in [-0.3, -0.25) is 0 Å². The Morgan fingerprint density at radius 1 is 1.08 bits per heavy atom. The highest BCUT2D eigenvalue weighted by Gasteiger charge is 2.20. The molecule has 10 heteroatoms. The Hall–Kier alpha value is -2.46. The smallest absolute Gasteiger partial charge is 0.240 e. The number of halogens is 2. The molecule has 0 aliphatic rings. The molecule has 0 spiro atoms. The van der Waals surface area contributed by atoms with Gasteiger partial charge in [-0.15, -0.1) is 0 Å². The van der Waals surface area contributed by atoms with Gasteiger partial charge in [0.15, 0.2) is 5.65 Å². The molecule has 0 bridgehead atoms. The summed E-state index contributed by atoms with van der Waals surface area (Å²) in [4.78, 5) is 4.97. The van der Waals surface area contributed by atoms with E-state index in [0.29, 0.717) is 35.9 Å². The zero-order valence-corrected chi connectivity index (χ0v) is 23.6. The maximum atomic E-state index is 12.7. The number of fused-ring (bicyclic) bond motifs is 1. The number of aromatic nitrogens is 3. The highest BCUT2D eigenvalue weighted by molar-refractivity contribution is 9.10. The summed E-state index contributed by atoms with van der Waals surface area (Å²) in [6, 6.07) is 16.6. The van der Waals surface area contributed by atoms with Crippen LogP contribution in [0, 0.1) is 0 Å². The van der Waals surface area contributed by atoms with Crippen molar-refractivity contribution in [2.45, 2.75) is 43.9 Å². The largest absolute Gasteiger partial charge is 0.370 e. The number of sulfonamides is 1. The minimum Gasteiger partial charge on any atom is -0.370 e. The highest BCUT2D eigenvalue weighted by Crippen LogP contribution is 2.30. The summed E-state index contributed by atoms with van der Waals surface area (Å²) in [6.45, 7) is 7.26. The quantitative estimate of drug-likeness (QED) is 0.212. The van der Waals surface area contributed by atoms with Crippen LogP contribution in [-0.2, 0) is 15.4 Å². The molecule has 0 aliphatic carbocycles. The number of hydrogen-bond donors (Lipinski definition) is 2. The third-order valence-corrected chi connectivity index (χ3v) is 8.73. The Morgan fingerprint density at radius 3 is 2.50 bits per heavy atom. The molecule has 4 aromatic rings. The molecule has 2 aromatic carbocycles. The number of nitrogens with one attached hydrogen (secondary N) is 2. The van der Waals surface area contributed by atoms with Gasteiger partial charge < -0.3 is 5.32 Å². The third kappa shape index (κ3) is 5.75. The molecule has 0 saturated carbocycles. The molecule has 0 aliphatic heterocycles. The molecule has 7 nitrogen and oxygen atoms in total. The summed E-state index contributed by atoms with van der Waals surface area (Å²) in [5.74, 6) is 0.734. The predicted molar refractivity (Wildman–Crippen MR) is 149 cm³/mol. The van der Waals surface area contributed by atoms with Gasteiger partial charge in [0.1, 0.15) is 5.82 Å². The van der Waals surface area contributed by atoms with E-state index < -0.39 is 10.0 Å². The van der Waals surface area contributed by atoms with Crippen molar-refractivity contribution in [3.63, 3.8) is 0 Å². The van der Waals surface area contributed by atoms with Crippen LogP contribution < -0.4 is 10.0 Å². The van der Waals surface area contributed by atoms with Crippen LogP contribution in [-0.4, -0.2) is 36.1 Å². The molecule has 36 heavy (non-hydrogen) atoms. The lowest BCUT2D eigenvalue weighted by Gasteiger charge is -2.23. The molecule has 0 atom stereocenters. The molecule has 4 rings (SSSR count). The van der Waals surface area contributed by atoms with Crippen LogP contribution in [0.1, 0.15) is 39.2 Å². The lowest BCUT2D eigenvalue weighted by molar-refractivity contribution is 0.505. The molecule has 0 radical (unpaired) electrons. The summed E-state index contributed by atoms with van der Waals surface area (Å²) in [5, 5.41) is 8.34. The number of hydrogen-bond acceptors (Lipinski definition) is 5. The van der Waals surface area contributed by atoms with Gasteiger partial charge in [0.25, 0.3) is 0 Å². The normalized spacial score (nSPS) is 12.2. The predicted octanol–water partition coefficient (Wildman–Crippen LogP) is 6.28. The summed E-state index contributed by atoms with van der Waals surface area (Å²) >= 11 is 9.89. The van der Waals surface area contributed by atoms with E-state index in [1.165, 1.54) is 0 Å². The fraction of sp³-hybridized carbons (Fsp3) is 0.308. The van der Waals surface area contributed by atoms with E-state index in [9.17, 15) is 8.42 Å². The summed E-state index contributed by atoms with van der Waals surface area (Å²) in [7, 11) is -3.58. The van der Waals surface area contributed by atoms with Gasteiger partial charge in [0, 0.05) is 29.7 Å². The standard InChI is InChI=1S/C26H29BrClN5O2S/c1-4-26(2,3)18-10-12-19(13-11-18)36(34,35)31-15-7-14-29-24-16-23(20-8-5-6-9-22(20)28)32-25-21(27)17-30-33(24)25/h5-6,8-13,16-17,29,31H,4,7,14-15H2,1-3H3. The fourth-order valence-corrected chi connectivity index (χ4v) is 5.41. The Morgan fingerprint density at radius 2 is 1.81 bits per heavy atom. The van der Waals surface area contributed by atoms with Crippen molar-refractivity contribution in [3.8, 4) is 11.3 Å². The van der Waals surface area contributed by atoms with Crippen LogP contribution in [0.3, 0.4) is 0 Å². The average Bonchev–Trinajstić information content (AvgIpc) is 3.24. The molecule has 2 aromatic heterocycles. The van der Waals surface area contributed by atoms with Gasteiger partial charge in [-0.25, -0.2) is 18.1 Å². The maximum Gasteiger partial charge on any atom is 0.240 e. The van der Waals surface area contributed by atoms with Crippen molar-refractivity contribution in [2.75, 3.05) is 18.4 Å². The van der Waals surface area contributed by atoms with Gasteiger partial charge in [0.05, 0.1) is 21.3 Å². The van der Waals surface area contributed by atoms with E-state index in [1.807, 2.05) is 42.5 Å². The Bertz CT molecular complexity index is 1470. The van der Waals surface area contributed by atoms with Crippen molar-refractivity contribution >= 4 is 49.0 Å². The Kier molecular flexibility index (Phi) is 8.04. The van der Waals surface area contributed by atoms with Crippen LogP contribution in [0.5, 0.6) is 0 Å². The van der Waals surface area contributed by atoms with Crippen LogP contribution in [0.4, 0.5) is 5.82 Å². The van der Waals surface area contributed by atoms with Crippen LogP contribution in [0.25, 0.3) is 16.9 Å². The zero-order chi connectivity index (χ0) is 25.9. The van der Waals surface area contributed by atoms with Gasteiger partial charge in [0.2, 0.25) is 10.0 Å². The van der Waals surface area contributed by atoms with Crippen molar-refractivity contribution in [1.29, 1.82) is 0 Å². The minimum absolute atomic E-state index is 0.00956. The molecule has 0 amide bonds. The number of rotatable bonds is 10. The highest BCUT2D eigenvalue weighted by atomic mass is 79.9. The van der Waals surface area contributed by atoms with Crippen molar-refractivity contribution in [1.82, 2.24) is 19.3 Å². The molecule has 2 N–H and O–H groups in total. The van der Waals surface area contributed by atoms with Crippen LogP contribution in [0.2, 0.25) is 5.02 Å². The first-order valence-corrected chi connectivity index (χ1v) is 14.4. The topological polar surface area (TPSA) is 88.4 Å². The van der Waals surface area contributed by atoms with Crippen molar-refractivity contribution < 1.29 is 8.42 Å². The summed E-state index contributed by atoms with van der Waals surface area (Å²) in [5.41, 5.74) is 3.32. The summed E-state index contributed by atoms with van der Waals surface area (Å²) < 4.78 is 30.6. The number of benzene rings is 2. The van der Waals surface area contributed by atoms with E-state index in [0.717, 1.165) is 27.8 Å². The third-order valence-electron chi connectivity index (χ3n) is 6.36. The van der Waals surface area contributed by atoms with E-state index >= 15 is 0 Å². The maximum absolute atomic E-state index is 12.7. The Labute approximate surface area is 225 Å². The average molecular weight is 591 g/mol. The first-order valence-electron chi connectivity index (χ1n) is 11.8. The minimum atomic E-state index is -3.58. The number of anilines is 1. The second-order valence-electron chi connectivity index (χ2n) is 9.17. The number of nitrogens with zero attached hydrogens (tertiary/aromatic N) is 3. The van der Waals surface area contributed by atoms with Crippen molar-refractivity contribution in [3.05, 3.63) is 75.9 Å². The van der Waals surface area contributed by atoms with Gasteiger partial charge >= 0.3 is 0 Å². The molecule has 0 saturated heterocycles. The van der Waals surface area contributed by atoms with E-state index in [2.05, 4.69) is 51.8 Å². The molecule has 0 unspecified atom stereocenters.